The molecule has 6 heteroatoms. The summed E-state index contributed by atoms with van der Waals surface area (Å²) in [5, 5.41) is 13.1. The van der Waals surface area contributed by atoms with Gasteiger partial charge in [-0.25, -0.2) is 8.78 Å². The Morgan fingerprint density at radius 2 is 2.08 bits per heavy atom. The number of rotatable bonds is 8. The summed E-state index contributed by atoms with van der Waals surface area (Å²) in [7, 11) is 0. The first-order chi connectivity index (χ1) is 11.4. The summed E-state index contributed by atoms with van der Waals surface area (Å²) >= 11 is 0. The second-order valence-electron chi connectivity index (χ2n) is 6.46. The number of benzene rings is 1. The lowest BCUT2D eigenvalue weighted by atomic mass is 9.66. The highest BCUT2D eigenvalue weighted by Crippen LogP contribution is 2.44. The van der Waals surface area contributed by atoms with Gasteiger partial charge in [-0.05, 0) is 50.8 Å². The number of aliphatic hydroxyl groups is 1. The molecule has 0 bridgehead atoms. The van der Waals surface area contributed by atoms with Crippen molar-refractivity contribution in [1.82, 2.24) is 5.32 Å². The van der Waals surface area contributed by atoms with Crippen molar-refractivity contribution in [2.24, 2.45) is 5.41 Å². The fourth-order valence-electron chi connectivity index (χ4n) is 3.03. The molecule has 4 nitrogen and oxygen atoms in total. The third-order valence-electron chi connectivity index (χ3n) is 4.84. The molecule has 2 rings (SSSR count). The lowest BCUT2D eigenvalue weighted by Gasteiger charge is -2.41. The van der Waals surface area contributed by atoms with Crippen LogP contribution in [0.5, 0.6) is 0 Å². The number of halogens is 2. The molecule has 1 saturated carbocycles. The molecular weight excluding hydrogens is 316 g/mol. The molecular formula is C18H25F2NO3. The minimum absolute atomic E-state index is 0.109. The number of carbonyl (C=O) groups is 1. The number of amides is 1. The van der Waals surface area contributed by atoms with Crippen LogP contribution in [0.1, 0.15) is 51.2 Å². The minimum Gasteiger partial charge on any atom is -0.386 e. The Morgan fingerprint density at radius 3 is 2.62 bits per heavy atom. The first-order valence-electron chi connectivity index (χ1n) is 8.41. The fraction of sp³-hybridized carbons (Fsp3) is 0.611. The van der Waals surface area contributed by atoms with Crippen molar-refractivity contribution in [1.29, 1.82) is 0 Å². The normalized spacial score (nSPS) is 18.5. The Labute approximate surface area is 141 Å². The minimum atomic E-state index is -1.10. The van der Waals surface area contributed by atoms with Crippen LogP contribution in [0.3, 0.4) is 0 Å². The van der Waals surface area contributed by atoms with E-state index in [9.17, 15) is 18.7 Å². The van der Waals surface area contributed by atoms with Crippen LogP contribution in [-0.2, 0) is 9.53 Å². The molecule has 24 heavy (non-hydrogen) atoms. The standard InChI is InChI=1S/C18H25F2NO3/c1-3-24-10-9-18(7-4-8-18)17(23)21-12(2)16(22)13-5-6-14(19)15(20)11-13/h5-6,11-12,16,22H,3-4,7-10H2,1-2H3,(H,21,23). The van der Waals surface area contributed by atoms with Gasteiger partial charge in [0.25, 0.3) is 0 Å². The van der Waals surface area contributed by atoms with Crippen LogP contribution >= 0.6 is 0 Å². The van der Waals surface area contributed by atoms with E-state index >= 15 is 0 Å². The summed E-state index contributed by atoms with van der Waals surface area (Å²) in [4.78, 5) is 12.6. The van der Waals surface area contributed by atoms with Crippen LogP contribution in [0.15, 0.2) is 18.2 Å². The Balaban J connectivity index is 1.97. The van der Waals surface area contributed by atoms with Gasteiger partial charge in [-0.3, -0.25) is 4.79 Å². The van der Waals surface area contributed by atoms with E-state index in [1.165, 1.54) is 6.07 Å². The van der Waals surface area contributed by atoms with Crippen LogP contribution in [0.4, 0.5) is 8.78 Å². The second-order valence-corrected chi connectivity index (χ2v) is 6.46. The largest absolute Gasteiger partial charge is 0.386 e. The molecule has 1 fully saturated rings. The van der Waals surface area contributed by atoms with Crippen molar-refractivity contribution in [2.75, 3.05) is 13.2 Å². The van der Waals surface area contributed by atoms with Gasteiger partial charge in [0, 0.05) is 13.2 Å². The van der Waals surface area contributed by atoms with Crippen molar-refractivity contribution < 1.29 is 23.4 Å². The molecule has 2 unspecified atom stereocenters. The van der Waals surface area contributed by atoms with E-state index in [4.69, 9.17) is 4.74 Å². The van der Waals surface area contributed by atoms with Crippen LogP contribution in [0.2, 0.25) is 0 Å². The molecule has 1 aromatic carbocycles. The van der Waals surface area contributed by atoms with Crippen LogP contribution < -0.4 is 5.32 Å². The Bertz CT molecular complexity index is 575. The van der Waals surface area contributed by atoms with Crippen molar-refractivity contribution in [3.05, 3.63) is 35.4 Å². The summed E-state index contributed by atoms with van der Waals surface area (Å²) in [6.07, 6.45) is 2.16. The van der Waals surface area contributed by atoms with Gasteiger partial charge in [-0.2, -0.15) is 0 Å². The first kappa shape index (κ1) is 18.8. The molecule has 0 aromatic heterocycles. The Kier molecular flexibility index (Phi) is 6.29. The molecule has 1 aliphatic rings. The third kappa shape index (κ3) is 4.11. The molecule has 0 radical (unpaired) electrons. The predicted octanol–water partition coefficient (Wildman–Crippen LogP) is 3.10. The average molecular weight is 341 g/mol. The van der Waals surface area contributed by atoms with E-state index in [-0.39, 0.29) is 11.5 Å². The number of aliphatic hydroxyl groups excluding tert-OH is 1. The molecule has 134 valence electrons. The zero-order chi connectivity index (χ0) is 17.7. The van der Waals surface area contributed by atoms with Crippen molar-refractivity contribution >= 4 is 5.91 Å². The van der Waals surface area contributed by atoms with Gasteiger partial charge < -0.3 is 15.2 Å². The maximum absolute atomic E-state index is 13.3. The van der Waals surface area contributed by atoms with Gasteiger partial charge in [-0.1, -0.05) is 12.5 Å². The fourth-order valence-corrected chi connectivity index (χ4v) is 3.03. The number of ether oxygens (including phenoxy) is 1. The number of carbonyl (C=O) groups excluding carboxylic acids is 1. The maximum Gasteiger partial charge on any atom is 0.226 e. The smallest absolute Gasteiger partial charge is 0.226 e. The van der Waals surface area contributed by atoms with Crippen molar-refractivity contribution in [3.8, 4) is 0 Å². The molecule has 1 aromatic rings. The highest BCUT2D eigenvalue weighted by molar-refractivity contribution is 5.83. The van der Waals surface area contributed by atoms with Crippen LogP contribution in [0, 0.1) is 17.0 Å². The molecule has 1 aliphatic carbocycles. The van der Waals surface area contributed by atoms with E-state index in [1.54, 1.807) is 6.92 Å². The number of hydrogen-bond acceptors (Lipinski definition) is 3. The molecule has 2 atom stereocenters. The summed E-state index contributed by atoms with van der Waals surface area (Å²) in [6, 6.07) is 2.64. The average Bonchev–Trinajstić information content (AvgIpc) is 2.51. The number of nitrogens with one attached hydrogen (secondary N) is 1. The quantitative estimate of drug-likeness (QED) is 0.715. The van der Waals surface area contributed by atoms with Crippen molar-refractivity contribution in [3.63, 3.8) is 0 Å². The molecule has 1 amide bonds. The lowest BCUT2D eigenvalue weighted by molar-refractivity contribution is -0.139. The van der Waals surface area contributed by atoms with Crippen LogP contribution in [-0.4, -0.2) is 30.3 Å². The summed E-state index contributed by atoms with van der Waals surface area (Å²) < 4.78 is 31.7. The molecule has 2 N–H and O–H groups in total. The van der Waals surface area contributed by atoms with E-state index < -0.39 is 29.2 Å². The highest BCUT2D eigenvalue weighted by Gasteiger charge is 2.44. The van der Waals surface area contributed by atoms with Crippen molar-refractivity contribution in [2.45, 2.75) is 51.7 Å². The van der Waals surface area contributed by atoms with E-state index in [2.05, 4.69) is 5.32 Å². The van der Waals surface area contributed by atoms with E-state index in [0.29, 0.717) is 19.6 Å². The SMILES string of the molecule is CCOCCC1(C(=O)NC(C)C(O)c2ccc(F)c(F)c2)CCC1. The van der Waals surface area contributed by atoms with Gasteiger partial charge >= 0.3 is 0 Å². The highest BCUT2D eigenvalue weighted by atomic mass is 19.2. The second kappa shape index (κ2) is 8.03. The topological polar surface area (TPSA) is 58.6 Å². The molecule has 0 saturated heterocycles. The first-order valence-corrected chi connectivity index (χ1v) is 8.41. The van der Waals surface area contributed by atoms with Gasteiger partial charge in [0.05, 0.1) is 17.6 Å². The monoisotopic (exact) mass is 341 g/mol. The van der Waals surface area contributed by atoms with Gasteiger partial charge in [0.15, 0.2) is 11.6 Å². The number of hydrogen-bond donors (Lipinski definition) is 2. The maximum atomic E-state index is 13.3. The van der Waals surface area contributed by atoms with Gasteiger partial charge in [0.1, 0.15) is 0 Å². The zero-order valence-corrected chi connectivity index (χ0v) is 14.1. The van der Waals surface area contributed by atoms with Crippen LogP contribution in [0.25, 0.3) is 0 Å². The molecule has 0 spiro atoms. The summed E-state index contributed by atoms with van der Waals surface area (Å²) in [5.74, 6) is -2.09. The van der Waals surface area contributed by atoms with Gasteiger partial charge in [-0.15, -0.1) is 0 Å². The Morgan fingerprint density at radius 1 is 1.38 bits per heavy atom. The van der Waals surface area contributed by atoms with E-state index in [0.717, 1.165) is 31.4 Å². The molecule has 0 aliphatic heterocycles. The van der Waals surface area contributed by atoms with Gasteiger partial charge in [0.2, 0.25) is 5.91 Å². The lowest BCUT2D eigenvalue weighted by Crippen LogP contribution is -2.50. The predicted molar refractivity (Wildman–Crippen MR) is 86.3 cm³/mol. The molecule has 0 heterocycles. The third-order valence-corrected chi connectivity index (χ3v) is 4.84. The summed E-state index contributed by atoms with van der Waals surface area (Å²) in [5.41, 5.74) is -0.198. The van der Waals surface area contributed by atoms with E-state index in [1.807, 2.05) is 6.92 Å². The summed E-state index contributed by atoms with van der Waals surface area (Å²) in [6.45, 7) is 4.71. The zero-order valence-electron chi connectivity index (χ0n) is 14.1. The Hall–Kier alpha value is -1.53.